The van der Waals surface area contributed by atoms with Gasteiger partial charge in [0, 0.05) is 0 Å². The van der Waals surface area contributed by atoms with Gasteiger partial charge in [0.2, 0.25) is 0 Å². The summed E-state index contributed by atoms with van der Waals surface area (Å²) in [6, 6.07) is 0. The van der Waals surface area contributed by atoms with Crippen LogP contribution in [0.3, 0.4) is 0 Å². The molecular formula is H7AlFKMgO2Si. The molecule has 0 aromatic carbocycles. The molecule has 7 heavy (non-hydrogen) atoms. The Morgan fingerprint density at radius 2 is 1.71 bits per heavy atom. The van der Waals surface area contributed by atoms with Crippen LogP contribution >= 0.6 is 0 Å². The monoisotopic (exact) mass is 176 g/mol. The molecular weight excluding hydrogens is 169 g/mol. The zero-order valence-corrected chi connectivity index (χ0v) is 8.98. The van der Waals surface area contributed by atoms with E-state index in [9.17, 15) is 4.11 Å². The van der Waals surface area contributed by atoms with Gasteiger partial charge in [0.1, 0.15) is 0 Å². The van der Waals surface area contributed by atoms with Crippen molar-refractivity contribution in [2.24, 2.45) is 0 Å². The second-order valence-electron chi connectivity index (χ2n) is 0.253. The van der Waals surface area contributed by atoms with Gasteiger partial charge in [0.05, 0.1) is 0 Å². The summed E-state index contributed by atoms with van der Waals surface area (Å²) >= 11 is 0. The Kier molecular flexibility index (Phi) is 51.2. The van der Waals surface area contributed by atoms with E-state index in [-0.39, 0.29) is 96.1 Å². The van der Waals surface area contributed by atoms with Crippen molar-refractivity contribution in [2.45, 2.75) is 0 Å². The molecule has 0 aliphatic heterocycles. The van der Waals surface area contributed by atoms with E-state index in [2.05, 4.69) is 0 Å². The predicted molar refractivity (Wildman–Crippen MR) is 28.8 cm³/mol. The van der Waals surface area contributed by atoms with E-state index < -0.39 is 9.26 Å². The van der Waals surface area contributed by atoms with Crippen LogP contribution in [0.5, 0.6) is 0 Å². The van der Waals surface area contributed by atoms with Crippen LogP contribution in [0.15, 0.2) is 0 Å². The summed E-state index contributed by atoms with van der Waals surface area (Å²) in [5.74, 6) is 0. The van der Waals surface area contributed by atoms with Crippen LogP contribution in [0, 0.1) is 0 Å². The summed E-state index contributed by atoms with van der Waals surface area (Å²) < 4.78 is 18.6. The summed E-state index contributed by atoms with van der Waals surface area (Å²) in [6.45, 7) is 0. The zero-order chi connectivity index (χ0) is 3.58. The van der Waals surface area contributed by atoms with E-state index in [4.69, 9.17) is 9.26 Å². The van der Waals surface area contributed by atoms with Gasteiger partial charge in [0.25, 0.3) is 0 Å². The molecule has 0 aromatic heterocycles. The molecule has 0 saturated carbocycles. The van der Waals surface area contributed by atoms with Gasteiger partial charge in [-0.15, -0.1) is 0 Å². The molecule has 7 heteroatoms. The first-order valence-electron chi connectivity index (χ1n) is 0.617. The first kappa shape index (κ1) is 22.6. The van der Waals surface area contributed by atoms with E-state index in [1.165, 1.54) is 0 Å². The molecule has 2 nitrogen and oxygen atoms in total. The third kappa shape index (κ3) is 53.9. The molecule has 36 valence electrons. The molecule has 0 atom stereocenters. The second kappa shape index (κ2) is 15.9. The van der Waals surface area contributed by atoms with Gasteiger partial charge in [-0.3, -0.25) is 4.46 Å². The Morgan fingerprint density at radius 3 is 1.71 bits per heavy atom. The van der Waals surface area contributed by atoms with Gasteiger partial charge in [0.15, 0.2) is 17.4 Å². The van der Waals surface area contributed by atoms with Crippen LogP contribution in [0.2, 0.25) is 0 Å². The molecule has 0 aromatic rings. The van der Waals surface area contributed by atoms with Crippen LogP contribution in [0.25, 0.3) is 0 Å². The van der Waals surface area contributed by atoms with E-state index in [0.717, 1.165) is 0 Å². The first-order chi connectivity index (χ1) is 1.73. The molecule has 0 aliphatic rings. The summed E-state index contributed by atoms with van der Waals surface area (Å²) in [5, 5.41) is 0. The third-order valence-electron chi connectivity index (χ3n) is 0. The zero-order valence-electron chi connectivity index (χ0n) is 6.44. The SMILES string of the molecule is O=[Si](O)F.[AlH3].[H-].[H-].[H-].[K+].[Mg+2]. The maximum absolute atomic E-state index is 10.1. The van der Waals surface area contributed by atoms with Crippen LogP contribution < -0.4 is 51.4 Å². The molecule has 0 bridgehead atoms. The molecule has 1 N–H and O–H groups in total. The van der Waals surface area contributed by atoms with E-state index in [1.807, 2.05) is 0 Å². The normalized spacial score (nSPS) is 3.57. The fourth-order valence-corrected chi connectivity index (χ4v) is 0. The van der Waals surface area contributed by atoms with Gasteiger partial charge in [-0.05, 0) is 0 Å². The number of hydrogen-bond donors (Lipinski definition) is 1. The molecule has 0 amide bonds. The smallest absolute Gasteiger partial charge is 1.00 e. The fourth-order valence-electron chi connectivity index (χ4n) is 0. The Balaban J connectivity index is -0.00000000300. The molecule has 0 heterocycles. The van der Waals surface area contributed by atoms with E-state index in [1.54, 1.807) is 0 Å². The number of rotatable bonds is 0. The summed E-state index contributed by atoms with van der Waals surface area (Å²) in [4.78, 5) is 6.94. The topological polar surface area (TPSA) is 37.3 Å². The van der Waals surface area contributed by atoms with Crippen molar-refractivity contribution in [3.05, 3.63) is 0 Å². The van der Waals surface area contributed by atoms with Crippen molar-refractivity contribution in [3.63, 3.8) is 0 Å². The van der Waals surface area contributed by atoms with E-state index in [0.29, 0.717) is 0 Å². The molecule has 0 aliphatic carbocycles. The van der Waals surface area contributed by atoms with Gasteiger partial charge < -0.3 is 9.08 Å². The molecule has 0 fully saturated rings. The Morgan fingerprint density at radius 1 is 1.71 bits per heavy atom. The van der Waals surface area contributed by atoms with Crippen molar-refractivity contribution in [1.29, 1.82) is 0 Å². The van der Waals surface area contributed by atoms with Crippen molar-refractivity contribution in [3.8, 4) is 0 Å². The number of hydrogen-bond acceptors (Lipinski definition) is 1. The van der Waals surface area contributed by atoms with Crippen LogP contribution in [0.4, 0.5) is 4.11 Å². The molecule has 0 saturated heterocycles. The minimum atomic E-state index is -3.63. The molecule has 0 radical (unpaired) electrons. The van der Waals surface area contributed by atoms with Crippen molar-refractivity contribution >= 4 is 49.7 Å². The quantitative estimate of drug-likeness (QED) is 0.297. The standard InChI is InChI=1S/Al.FHO2Si.K.Mg.6H/c;1-4(2)3;;;;;;;;/h;2H;;;;;;;;/q;;+1;+2;;;;3*-1. The van der Waals surface area contributed by atoms with Gasteiger partial charge in [-0.2, -0.15) is 4.11 Å². The maximum atomic E-state index is 10.1. The average molecular weight is 177 g/mol. The van der Waals surface area contributed by atoms with E-state index >= 15 is 0 Å². The van der Waals surface area contributed by atoms with Crippen molar-refractivity contribution < 1.29 is 69.0 Å². The van der Waals surface area contributed by atoms with Crippen molar-refractivity contribution in [1.82, 2.24) is 0 Å². The minimum absolute atomic E-state index is 0. The summed E-state index contributed by atoms with van der Waals surface area (Å²) in [6.07, 6.45) is 0. The van der Waals surface area contributed by atoms with Crippen LogP contribution in [-0.4, -0.2) is 54.5 Å². The van der Waals surface area contributed by atoms with Crippen LogP contribution in [-0.2, 0) is 4.46 Å². The summed E-state index contributed by atoms with van der Waals surface area (Å²) in [5.41, 5.74) is 0. The van der Waals surface area contributed by atoms with Crippen LogP contribution in [0.1, 0.15) is 4.28 Å². The molecule has 0 spiro atoms. The fraction of sp³-hybridized carbons (Fsp3) is 0. The van der Waals surface area contributed by atoms with Gasteiger partial charge >= 0.3 is 83.7 Å². The second-order valence-corrected chi connectivity index (χ2v) is 0.759. The maximum Gasteiger partial charge on any atom is 2.00 e. The summed E-state index contributed by atoms with van der Waals surface area (Å²) in [7, 11) is -3.63. The van der Waals surface area contributed by atoms with Crippen molar-refractivity contribution in [2.75, 3.05) is 0 Å². The predicted octanol–water partition coefficient (Wildman–Crippen LogP) is -4.86. The van der Waals surface area contributed by atoms with Gasteiger partial charge in [-0.25, -0.2) is 0 Å². The number of halogens is 1. The third-order valence-corrected chi connectivity index (χ3v) is 0. The Labute approximate surface area is 116 Å². The first-order valence-corrected chi connectivity index (χ1v) is 1.85. The minimum Gasteiger partial charge on any atom is -1.00 e. The molecule has 0 unspecified atom stereocenters. The largest absolute Gasteiger partial charge is 2.00 e. The Bertz CT molecular complexity index is 49.5. The van der Waals surface area contributed by atoms with Gasteiger partial charge in [-0.1, -0.05) is 0 Å². The average Bonchev–Trinajstić information content (AvgIpc) is 0.811. The molecule has 0 rings (SSSR count). The Hall–Kier alpha value is 2.68.